The zero-order chi connectivity index (χ0) is 35.0. The molecule has 0 nitrogen and oxygen atoms in total. The molecule has 0 amide bonds. The van der Waals surface area contributed by atoms with Crippen LogP contribution in [0.4, 0.5) is 0 Å². The Morgan fingerprint density at radius 3 is 1.62 bits per heavy atom. The van der Waals surface area contributed by atoms with Gasteiger partial charge in [-0.2, -0.15) is 0 Å². The Labute approximate surface area is 326 Å². The molecule has 8 unspecified atom stereocenters. The molecule has 2 aliphatic heterocycles. The normalized spacial score (nSPS) is 55.5. The van der Waals surface area contributed by atoms with Crippen molar-refractivity contribution >= 4 is 15.8 Å². The summed E-state index contributed by atoms with van der Waals surface area (Å²) in [5.41, 5.74) is 5.15. The largest absolute Gasteiger partial charge is 0.106 e. The Bertz CT molecular complexity index is 1240. The van der Waals surface area contributed by atoms with Crippen molar-refractivity contribution in [3.8, 4) is 0 Å². The Morgan fingerprint density at radius 2 is 0.904 bits per heavy atom. The van der Waals surface area contributed by atoms with Crippen LogP contribution in [0.2, 0.25) is 0 Å². The van der Waals surface area contributed by atoms with Gasteiger partial charge in [0, 0.05) is 0 Å². The van der Waals surface area contributed by atoms with Gasteiger partial charge < -0.3 is 0 Å². The van der Waals surface area contributed by atoms with Gasteiger partial charge in [-0.3, -0.25) is 0 Å². The maximum absolute atomic E-state index is 3.00. The second-order valence-corrected chi connectivity index (χ2v) is 27.9. The lowest BCUT2D eigenvalue weighted by Crippen LogP contribution is -2.49. The van der Waals surface area contributed by atoms with Crippen molar-refractivity contribution in [3.05, 3.63) is 0 Å². The van der Waals surface area contributed by atoms with Gasteiger partial charge in [-0.25, -0.2) is 0 Å². The first-order valence-corrected chi connectivity index (χ1v) is 29.0. The average Bonchev–Trinajstić information content (AvgIpc) is 3.61. The van der Waals surface area contributed by atoms with Gasteiger partial charge in [-0.15, -0.1) is 15.8 Å². The lowest BCUT2D eigenvalue weighted by molar-refractivity contribution is -0.0661. The molecule has 0 radical (unpaired) electrons. The third-order valence-electron chi connectivity index (χ3n) is 21.6. The molecule has 8 saturated carbocycles. The molecule has 16 atom stereocenters. The van der Waals surface area contributed by atoms with Gasteiger partial charge in [-0.05, 0) is 234 Å². The minimum atomic E-state index is 0.108. The van der Waals surface area contributed by atoms with Crippen molar-refractivity contribution in [2.75, 3.05) is 25.7 Å². The second-order valence-electron chi connectivity index (χ2n) is 23.0. The summed E-state index contributed by atoms with van der Waals surface area (Å²) >= 11 is 0. The first kappa shape index (κ1) is 37.2. The first-order chi connectivity index (χ1) is 25.5. The molecule has 0 aromatic rings. The third-order valence-corrected chi connectivity index (χ3v) is 27.5. The lowest BCUT2D eigenvalue weighted by atomic mass is 9.49. The van der Waals surface area contributed by atoms with E-state index in [0.717, 1.165) is 74.9 Å². The molecule has 10 bridgehead atoms. The average molecular weight is 747 g/mol. The second kappa shape index (κ2) is 14.9. The van der Waals surface area contributed by atoms with Crippen LogP contribution in [0.3, 0.4) is 0 Å². The van der Waals surface area contributed by atoms with Crippen LogP contribution in [0, 0.1) is 69.0 Å². The van der Waals surface area contributed by atoms with E-state index < -0.39 is 0 Å². The fraction of sp³-hybridized carbons (Fsp3) is 1.00. The van der Waals surface area contributed by atoms with E-state index in [2.05, 4.69) is 13.3 Å². The van der Waals surface area contributed by atoms with E-state index in [4.69, 9.17) is 0 Å². The van der Waals surface area contributed by atoms with Gasteiger partial charge in [0.1, 0.15) is 0 Å². The van der Waals surface area contributed by atoms with E-state index in [1.165, 1.54) is 0 Å². The van der Waals surface area contributed by atoms with Crippen LogP contribution in [0.25, 0.3) is 0 Å². The highest BCUT2D eigenvalue weighted by molar-refractivity contribution is 7.62. The van der Waals surface area contributed by atoms with Crippen LogP contribution >= 0.6 is 15.8 Å². The molecule has 2 spiro atoms. The van der Waals surface area contributed by atoms with Gasteiger partial charge in [0.25, 0.3) is 0 Å². The standard InChI is InChI=1S/C50H84P2/c1-51-35-37-19-21-41-42(16-14-32-50-30-10-3-7-25-47(50,33-23-37)27-12-6-18-44(41)50)46(51)45-38-20-22-40-39(36-52(45)2)15-13-31-49-29-9-4-8-26-48(49,34-24-38)28-11-5-17-43(40)49/h37-46H,3-36H2,1-2H3/t37-,38-,39?,40?,41?,42?,43-,44-,45-,46-,47?,48?,49?,50?,51+,52+/m1/s1. The maximum atomic E-state index is 3.00. The third kappa shape index (κ3) is 5.86. The molecule has 2 heteroatoms. The summed E-state index contributed by atoms with van der Waals surface area (Å²) in [5, 5.41) is 0. The summed E-state index contributed by atoms with van der Waals surface area (Å²) in [6, 6.07) is 0. The molecule has 294 valence electrons. The molecular formula is C50H84P2. The molecule has 2 saturated heterocycles. The highest BCUT2D eigenvalue weighted by Crippen LogP contribution is 2.74. The van der Waals surface area contributed by atoms with Crippen molar-refractivity contribution < 1.29 is 0 Å². The van der Waals surface area contributed by atoms with Crippen molar-refractivity contribution in [2.24, 2.45) is 69.0 Å². The van der Waals surface area contributed by atoms with E-state index in [0.29, 0.717) is 5.41 Å². The molecule has 52 heavy (non-hydrogen) atoms. The Morgan fingerprint density at radius 1 is 0.346 bits per heavy atom. The first-order valence-electron chi connectivity index (χ1n) is 24.9. The summed E-state index contributed by atoms with van der Waals surface area (Å²) in [4.78, 5) is 0. The summed E-state index contributed by atoms with van der Waals surface area (Å²) in [5.74, 6) is 8.73. The number of hydrogen-bond acceptors (Lipinski definition) is 0. The fourth-order valence-corrected chi connectivity index (χ4v) is 27.7. The lowest BCUT2D eigenvalue weighted by Gasteiger charge is -2.56. The zero-order valence-corrected chi connectivity index (χ0v) is 36.5. The fourth-order valence-electron chi connectivity index (χ4n) is 19.9. The number of fused-ring (bicyclic) bond motifs is 4. The Hall–Kier alpha value is 0.860. The molecule has 2 heterocycles. The topological polar surface area (TPSA) is 0 Å². The number of rotatable bonds is 1. The predicted molar refractivity (Wildman–Crippen MR) is 228 cm³/mol. The van der Waals surface area contributed by atoms with Crippen LogP contribution in [-0.4, -0.2) is 37.0 Å². The predicted octanol–water partition coefficient (Wildman–Crippen LogP) is 15.4. The molecular weight excluding hydrogens is 662 g/mol. The van der Waals surface area contributed by atoms with E-state index in [1.54, 1.807) is 218 Å². The van der Waals surface area contributed by atoms with Gasteiger partial charge >= 0.3 is 0 Å². The van der Waals surface area contributed by atoms with Gasteiger partial charge in [-0.1, -0.05) is 77.0 Å². The minimum absolute atomic E-state index is 0.108. The maximum Gasteiger partial charge on any atom is -0.0110 e. The molecule has 10 fully saturated rings. The highest BCUT2D eigenvalue weighted by atomic mass is 31.1. The van der Waals surface area contributed by atoms with Crippen molar-refractivity contribution in [2.45, 2.75) is 217 Å². The SMILES string of the molecule is C[P@@]1CC2CCCC34CCCCCC35CCCC[C@@H]4C2CC[C@H](CC5)[C@@H]1[C@H]1C2CCCC34CCCCCC35CCCC[C@@H]4C2CC[C@H](CC5)C[P@]1C. The van der Waals surface area contributed by atoms with E-state index in [9.17, 15) is 0 Å². The molecule has 0 aromatic heterocycles. The van der Waals surface area contributed by atoms with Crippen LogP contribution < -0.4 is 0 Å². The summed E-state index contributed by atoms with van der Waals surface area (Å²) < 4.78 is 0. The summed E-state index contributed by atoms with van der Waals surface area (Å²) in [6.45, 7) is 5.98. The van der Waals surface area contributed by atoms with Crippen molar-refractivity contribution in [3.63, 3.8) is 0 Å². The van der Waals surface area contributed by atoms with Gasteiger partial charge in [0.15, 0.2) is 0 Å². The van der Waals surface area contributed by atoms with Crippen LogP contribution in [0.15, 0.2) is 0 Å². The molecule has 10 rings (SSSR count). The Kier molecular flexibility index (Phi) is 10.7. The zero-order valence-electron chi connectivity index (χ0n) is 34.7. The molecule has 0 N–H and O–H groups in total. The van der Waals surface area contributed by atoms with Crippen LogP contribution in [-0.2, 0) is 0 Å². The molecule has 8 aliphatic carbocycles. The van der Waals surface area contributed by atoms with E-state index in [1.807, 2.05) is 0 Å². The Balaban J connectivity index is 1.08. The quantitative estimate of drug-likeness (QED) is 0.234. The highest BCUT2D eigenvalue weighted by Gasteiger charge is 2.63. The molecule has 10 aliphatic rings. The van der Waals surface area contributed by atoms with Crippen LogP contribution in [0.1, 0.15) is 205 Å². The van der Waals surface area contributed by atoms with Crippen molar-refractivity contribution in [1.29, 1.82) is 0 Å². The van der Waals surface area contributed by atoms with Gasteiger partial charge in [0.2, 0.25) is 0 Å². The van der Waals surface area contributed by atoms with E-state index in [-0.39, 0.29) is 15.8 Å². The summed E-state index contributed by atoms with van der Waals surface area (Å²) in [7, 11) is 0.223. The summed E-state index contributed by atoms with van der Waals surface area (Å²) in [6.07, 6.45) is 55.4. The molecule has 0 aromatic carbocycles. The smallest absolute Gasteiger partial charge is 0.0110 e. The van der Waals surface area contributed by atoms with Crippen molar-refractivity contribution in [1.82, 2.24) is 0 Å². The minimum Gasteiger partial charge on any atom is -0.106 e. The number of hydrogen-bond donors (Lipinski definition) is 0. The monoisotopic (exact) mass is 747 g/mol. The van der Waals surface area contributed by atoms with E-state index >= 15 is 0 Å². The van der Waals surface area contributed by atoms with Gasteiger partial charge in [0.05, 0.1) is 0 Å². The van der Waals surface area contributed by atoms with Crippen LogP contribution in [0.5, 0.6) is 0 Å².